The van der Waals surface area contributed by atoms with Crippen LogP contribution in [-0.2, 0) is 0 Å². The van der Waals surface area contributed by atoms with Crippen molar-refractivity contribution in [1.29, 1.82) is 10.5 Å². The fourth-order valence-electron chi connectivity index (χ4n) is 10.9. The standard InChI is InChI=1S/C57H33N5/c58-33-45-54(53-43-25-3-1-17-35(43)36-18-2-4-26-44(36)53)55(60-47-27-11-5-19-37(47)38-20-6-12-28-48(38)60)46(34-59)57(62-51-31-15-9-23-41(51)42-24-10-16-32-52(42)62)56(45)61-49-29-13-7-21-39(49)40-22-8-14-30-50(40)61/h1-32,53H. The van der Waals surface area contributed by atoms with Gasteiger partial charge >= 0.3 is 0 Å². The van der Waals surface area contributed by atoms with E-state index in [1.165, 1.54) is 0 Å². The predicted octanol–water partition coefficient (Wildman–Crippen LogP) is 13.9. The molecular formula is C57H33N5. The molecule has 12 aromatic rings. The van der Waals surface area contributed by atoms with Crippen LogP contribution in [0.4, 0.5) is 0 Å². The van der Waals surface area contributed by atoms with Gasteiger partial charge in [0.25, 0.3) is 0 Å². The summed E-state index contributed by atoms with van der Waals surface area (Å²) in [5.74, 6) is -0.377. The molecule has 1 aliphatic rings. The molecular weight excluding hydrogens is 755 g/mol. The summed E-state index contributed by atoms with van der Waals surface area (Å²) in [6.07, 6.45) is 0. The number of nitriles is 2. The van der Waals surface area contributed by atoms with Crippen LogP contribution >= 0.6 is 0 Å². The van der Waals surface area contributed by atoms with Crippen LogP contribution in [0.3, 0.4) is 0 Å². The Balaban J connectivity index is 1.36. The quantitative estimate of drug-likeness (QED) is 0.178. The van der Waals surface area contributed by atoms with E-state index in [0.717, 1.165) is 93.2 Å². The number of hydrogen-bond donors (Lipinski definition) is 0. The highest BCUT2D eigenvalue weighted by Gasteiger charge is 2.39. The molecule has 5 heteroatoms. The van der Waals surface area contributed by atoms with Crippen LogP contribution in [-0.4, -0.2) is 13.7 Å². The molecule has 0 atom stereocenters. The topological polar surface area (TPSA) is 62.4 Å². The summed E-state index contributed by atoms with van der Waals surface area (Å²) in [6.45, 7) is 0. The van der Waals surface area contributed by atoms with Gasteiger partial charge in [0.05, 0.1) is 55.7 Å². The minimum absolute atomic E-state index is 0.377. The van der Waals surface area contributed by atoms with Crippen LogP contribution < -0.4 is 0 Å². The number of hydrogen-bond acceptors (Lipinski definition) is 2. The fraction of sp³-hybridized carbons (Fsp3) is 0.0175. The van der Waals surface area contributed by atoms with Gasteiger partial charge in [-0.15, -0.1) is 0 Å². The van der Waals surface area contributed by atoms with Crippen LogP contribution in [0, 0.1) is 22.7 Å². The molecule has 13 rings (SSSR count). The average Bonchev–Trinajstić information content (AvgIpc) is 4.06. The minimum atomic E-state index is -0.377. The molecule has 0 saturated heterocycles. The Morgan fingerprint density at radius 3 is 0.919 bits per heavy atom. The van der Waals surface area contributed by atoms with Crippen molar-refractivity contribution in [3.63, 3.8) is 0 Å². The van der Waals surface area contributed by atoms with Crippen molar-refractivity contribution in [3.05, 3.63) is 222 Å². The highest BCUT2D eigenvalue weighted by molar-refractivity contribution is 6.14. The molecule has 0 bridgehead atoms. The Kier molecular flexibility index (Phi) is 7.14. The first-order valence-electron chi connectivity index (χ1n) is 20.9. The second kappa shape index (κ2) is 12.9. The van der Waals surface area contributed by atoms with Crippen molar-refractivity contribution in [2.45, 2.75) is 5.92 Å². The molecule has 0 saturated carbocycles. The van der Waals surface area contributed by atoms with Gasteiger partial charge in [-0.1, -0.05) is 158 Å². The van der Waals surface area contributed by atoms with Crippen LogP contribution in [0.5, 0.6) is 0 Å². The van der Waals surface area contributed by atoms with Crippen molar-refractivity contribution in [2.75, 3.05) is 0 Å². The zero-order chi connectivity index (χ0) is 41.1. The minimum Gasteiger partial charge on any atom is -0.307 e. The second-order valence-electron chi connectivity index (χ2n) is 16.1. The first-order chi connectivity index (χ1) is 30.8. The van der Waals surface area contributed by atoms with Crippen molar-refractivity contribution < 1.29 is 0 Å². The molecule has 3 heterocycles. The van der Waals surface area contributed by atoms with Gasteiger partial charge in [0.2, 0.25) is 0 Å². The number of nitrogens with zero attached hydrogens (tertiary/aromatic N) is 5. The third-order valence-corrected chi connectivity index (χ3v) is 13.2. The maximum atomic E-state index is 12.3. The van der Waals surface area contributed by atoms with Crippen molar-refractivity contribution >= 4 is 65.4 Å². The SMILES string of the molecule is N#Cc1c(C2c3ccccc3-c3ccccc32)c(-n2c3ccccc3c3ccccc32)c(C#N)c(-n2c3ccccc3c3ccccc32)c1-n1c2ccccc2c2ccccc21. The lowest BCUT2D eigenvalue weighted by Gasteiger charge is -2.29. The van der Waals surface area contributed by atoms with Gasteiger partial charge in [-0.05, 0) is 58.7 Å². The Bertz CT molecular complexity index is 3770. The smallest absolute Gasteiger partial charge is 0.104 e. The van der Waals surface area contributed by atoms with E-state index in [9.17, 15) is 10.5 Å². The van der Waals surface area contributed by atoms with Crippen molar-refractivity contribution in [3.8, 4) is 40.3 Å². The van der Waals surface area contributed by atoms with Gasteiger partial charge in [0.1, 0.15) is 17.7 Å². The van der Waals surface area contributed by atoms with Gasteiger partial charge in [-0.3, -0.25) is 0 Å². The molecule has 62 heavy (non-hydrogen) atoms. The Labute approximate surface area is 356 Å². The summed E-state index contributed by atoms with van der Waals surface area (Å²) in [5.41, 5.74) is 14.1. The summed E-state index contributed by atoms with van der Waals surface area (Å²) in [6, 6.07) is 73.5. The van der Waals surface area contributed by atoms with E-state index in [0.29, 0.717) is 28.2 Å². The maximum Gasteiger partial charge on any atom is 0.104 e. The number of para-hydroxylation sites is 6. The molecule has 1 aliphatic carbocycles. The largest absolute Gasteiger partial charge is 0.307 e. The van der Waals surface area contributed by atoms with E-state index in [-0.39, 0.29) is 5.92 Å². The van der Waals surface area contributed by atoms with E-state index in [1.54, 1.807) is 0 Å². The van der Waals surface area contributed by atoms with Crippen LogP contribution in [0.2, 0.25) is 0 Å². The average molecular weight is 788 g/mol. The number of aromatic nitrogens is 3. The number of fused-ring (bicyclic) bond motifs is 12. The van der Waals surface area contributed by atoms with E-state index in [2.05, 4.69) is 220 Å². The predicted molar refractivity (Wildman–Crippen MR) is 252 cm³/mol. The van der Waals surface area contributed by atoms with Crippen molar-refractivity contribution in [1.82, 2.24) is 13.7 Å². The molecule has 0 radical (unpaired) electrons. The van der Waals surface area contributed by atoms with E-state index in [4.69, 9.17) is 0 Å². The summed E-state index contributed by atoms with van der Waals surface area (Å²) in [4.78, 5) is 0. The molecule has 3 aromatic heterocycles. The summed E-state index contributed by atoms with van der Waals surface area (Å²) in [5, 5.41) is 31.0. The molecule has 0 amide bonds. The lowest BCUT2D eigenvalue weighted by molar-refractivity contribution is 0.953. The lowest BCUT2D eigenvalue weighted by Crippen LogP contribution is -2.18. The maximum absolute atomic E-state index is 12.3. The summed E-state index contributed by atoms with van der Waals surface area (Å²) >= 11 is 0. The molecule has 0 N–H and O–H groups in total. The zero-order valence-electron chi connectivity index (χ0n) is 33.3. The molecule has 0 fully saturated rings. The lowest BCUT2D eigenvalue weighted by atomic mass is 9.82. The van der Waals surface area contributed by atoms with Crippen LogP contribution in [0.25, 0.3) is 93.6 Å². The summed E-state index contributed by atoms with van der Waals surface area (Å²) < 4.78 is 6.78. The van der Waals surface area contributed by atoms with Gasteiger partial charge in [-0.2, -0.15) is 10.5 Å². The van der Waals surface area contributed by atoms with Gasteiger partial charge < -0.3 is 13.7 Å². The van der Waals surface area contributed by atoms with E-state index >= 15 is 0 Å². The Morgan fingerprint density at radius 1 is 0.306 bits per heavy atom. The van der Waals surface area contributed by atoms with Gasteiger partial charge in [-0.25, -0.2) is 0 Å². The van der Waals surface area contributed by atoms with Crippen molar-refractivity contribution in [2.24, 2.45) is 0 Å². The third-order valence-electron chi connectivity index (χ3n) is 13.2. The molecule has 9 aromatic carbocycles. The first kappa shape index (κ1) is 34.2. The molecule has 0 unspecified atom stereocenters. The Morgan fingerprint density at radius 2 is 0.581 bits per heavy atom. The van der Waals surface area contributed by atoms with Gasteiger partial charge in [0.15, 0.2) is 0 Å². The third kappa shape index (κ3) is 4.44. The highest BCUT2D eigenvalue weighted by Crippen LogP contribution is 2.54. The highest BCUT2D eigenvalue weighted by atomic mass is 15.1. The van der Waals surface area contributed by atoms with E-state index < -0.39 is 0 Å². The van der Waals surface area contributed by atoms with Crippen LogP contribution in [0.1, 0.15) is 33.7 Å². The number of rotatable bonds is 4. The molecule has 5 nitrogen and oxygen atoms in total. The molecule has 0 aliphatic heterocycles. The first-order valence-corrected chi connectivity index (χ1v) is 20.9. The second-order valence-corrected chi connectivity index (χ2v) is 16.1. The summed E-state index contributed by atoms with van der Waals surface area (Å²) in [7, 11) is 0. The van der Waals surface area contributed by atoms with E-state index in [1.807, 2.05) is 0 Å². The zero-order valence-corrected chi connectivity index (χ0v) is 33.3. The normalized spacial score (nSPS) is 12.4. The fourth-order valence-corrected chi connectivity index (χ4v) is 10.9. The number of benzene rings is 9. The molecule has 0 spiro atoms. The van der Waals surface area contributed by atoms with Gasteiger partial charge in [0, 0.05) is 43.8 Å². The monoisotopic (exact) mass is 787 g/mol. The molecule has 286 valence electrons. The Hall–Kier alpha value is -8.64. The van der Waals surface area contributed by atoms with Crippen LogP contribution in [0.15, 0.2) is 194 Å².